The van der Waals surface area contributed by atoms with Crippen molar-refractivity contribution in [3.63, 3.8) is 0 Å². The molecule has 1 heterocycles. The van der Waals surface area contributed by atoms with Crippen LogP contribution in [0.4, 0.5) is 10.1 Å². The van der Waals surface area contributed by atoms with Gasteiger partial charge in [0.25, 0.3) is 5.91 Å². The van der Waals surface area contributed by atoms with Crippen LogP contribution in [0.5, 0.6) is 0 Å². The molecule has 0 radical (unpaired) electrons. The molecule has 1 fully saturated rings. The average molecular weight is 475 g/mol. The molecule has 182 valence electrons. The number of carbonyl (C=O) groups excluding carboxylic acids is 2. The van der Waals surface area contributed by atoms with Crippen molar-refractivity contribution in [3.05, 3.63) is 95.6 Å². The highest BCUT2D eigenvalue weighted by Gasteiger charge is 2.42. The Balaban J connectivity index is 1.43. The SMILES string of the molecule is CN(CC(N)c1ccc(C(=O)Nc2ccncc2)cc1)C(=O)C1(c2ccc(F)cc2)CCCCC1. The molecular formula is C28H31FN4O2. The van der Waals surface area contributed by atoms with Gasteiger partial charge in [-0.1, -0.05) is 43.5 Å². The molecule has 0 bridgehead atoms. The summed E-state index contributed by atoms with van der Waals surface area (Å²) in [6.45, 7) is 0.338. The zero-order valence-electron chi connectivity index (χ0n) is 19.9. The highest BCUT2D eigenvalue weighted by molar-refractivity contribution is 6.04. The zero-order chi connectivity index (χ0) is 24.8. The lowest BCUT2D eigenvalue weighted by Crippen LogP contribution is -2.48. The van der Waals surface area contributed by atoms with Gasteiger partial charge in [-0.25, -0.2) is 4.39 Å². The van der Waals surface area contributed by atoms with Crippen molar-refractivity contribution in [3.8, 4) is 0 Å². The molecular weight excluding hydrogens is 443 g/mol. The number of hydrogen-bond donors (Lipinski definition) is 2. The van der Waals surface area contributed by atoms with Gasteiger partial charge in [-0.05, 0) is 60.4 Å². The largest absolute Gasteiger partial charge is 0.343 e. The maximum atomic E-state index is 13.7. The second-order valence-corrected chi connectivity index (χ2v) is 9.25. The number of likely N-dealkylation sites (N-methyl/N-ethyl adjacent to an activating group) is 1. The fourth-order valence-electron chi connectivity index (χ4n) is 4.92. The van der Waals surface area contributed by atoms with Crippen molar-refractivity contribution in [1.29, 1.82) is 0 Å². The van der Waals surface area contributed by atoms with E-state index < -0.39 is 11.5 Å². The maximum absolute atomic E-state index is 13.7. The van der Waals surface area contributed by atoms with E-state index in [1.165, 1.54) is 12.1 Å². The fourth-order valence-corrected chi connectivity index (χ4v) is 4.92. The van der Waals surface area contributed by atoms with Crippen molar-refractivity contribution in [2.24, 2.45) is 5.73 Å². The first kappa shape index (κ1) is 24.5. The molecule has 1 aliphatic rings. The second-order valence-electron chi connectivity index (χ2n) is 9.25. The number of carbonyl (C=O) groups is 2. The molecule has 1 saturated carbocycles. The zero-order valence-corrected chi connectivity index (χ0v) is 19.9. The number of nitrogens with two attached hydrogens (primary N) is 1. The van der Waals surface area contributed by atoms with Gasteiger partial charge in [-0.15, -0.1) is 0 Å². The van der Waals surface area contributed by atoms with E-state index in [0.29, 0.717) is 17.8 Å². The Hall–Kier alpha value is -3.58. The molecule has 2 amide bonds. The number of nitrogens with one attached hydrogen (secondary N) is 1. The van der Waals surface area contributed by atoms with Crippen molar-refractivity contribution >= 4 is 17.5 Å². The summed E-state index contributed by atoms with van der Waals surface area (Å²) in [5, 5.41) is 2.83. The Bertz CT molecular complexity index is 1140. The number of anilines is 1. The van der Waals surface area contributed by atoms with Gasteiger partial charge < -0.3 is 16.0 Å². The summed E-state index contributed by atoms with van der Waals surface area (Å²) in [6.07, 6.45) is 7.75. The van der Waals surface area contributed by atoms with Gasteiger partial charge in [-0.3, -0.25) is 14.6 Å². The van der Waals surface area contributed by atoms with E-state index >= 15 is 0 Å². The van der Waals surface area contributed by atoms with Crippen molar-refractivity contribution in [2.75, 3.05) is 18.9 Å². The van der Waals surface area contributed by atoms with Crippen LogP contribution in [0, 0.1) is 5.82 Å². The number of aromatic nitrogens is 1. The molecule has 3 aromatic rings. The molecule has 4 rings (SSSR count). The highest BCUT2D eigenvalue weighted by atomic mass is 19.1. The first-order valence-corrected chi connectivity index (χ1v) is 12.0. The van der Waals surface area contributed by atoms with Crippen molar-refractivity contribution < 1.29 is 14.0 Å². The third-order valence-corrected chi connectivity index (χ3v) is 6.87. The van der Waals surface area contributed by atoms with Crippen LogP contribution in [0.25, 0.3) is 0 Å². The summed E-state index contributed by atoms with van der Waals surface area (Å²) < 4.78 is 13.5. The molecule has 7 heteroatoms. The quantitative estimate of drug-likeness (QED) is 0.513. The molecule has 35 heavy (non-hydrogen) atoms. The third kappa shape index (κ3) is 5.57. The number of pyridine rings is 1. The number of amides is 2. The van der Waals surface area contributed by atoms with E-state index in [1.807, 2.05) is 12.1 Å². The Kier molecular flexibility index (Phi) is 7.56. The van der Waals surface area contributed by atoms with Gasteiger partial charge in [0.05, 0.1) is 5.41 Å². The van der Waals surface area contributed by atoms with Gasteiger partial charge in [0, 0.05) is 43.3 Å². The number of halogens is 1. The lowest BCUT2D eigenvalue weighted by molar-refractivity contribution is -0.137. The van der Waals surface area contributed by atoms with Crippen LogP contribution in [0.1, 0.15) is 59.6 Å². The maximum Gasteiger partial charge on any atom is 0.255 e. The lowest BCUT2D eigenvalue weighted by atomic mass is 9.68. The van der Waals surface area contributed by atoms with E-state index in [-0.39, 0.29) is 17.6 Å². The van der Waals surface area contributed by atoms with E-state index in [1.54, 1.807) is 60.7 Å². The van der Waals surface area contributed by atoms with Crippen molar-refractivity contribution in [1.82, 2.24) is 9.88 Å². The van der Waals surface area contributed by atoms with Gasteiger partial charge in [0.1, 0.15) is 5.82 Å². The third-order valence-electron chi connectivity index (χ3n) is 6.87. The predicted octanol–water partition coefficient (Wildman–Crippen LogP) is 4.83. The number of benzene rings is 2. The summed E-state index contributed by atoms with van der Waals surface area (Å²) in [4.78, 5) is 31.8. The molecule has 3 N–H and O–H groups in total. The number of hydrogen-bond acceptors (Lipinski definition) is 4. The van der Waals surface area contributed by atoms with Crippen LogP contribution >= 0.6 is 0 Å². The minimum atomic E-state index is -0.644. The van der Waals surface area contributed by atoms with Crippen LogP contribution in [0.2, 0.25) is 0 Å². The molecule has 1 unspecified atom stereocenters. The summed E-state index contributed by atoms with van der Waals surface area (Å²) in [5.41, 5.74) is 8.71. The van der Waals surface area contributed by atoms with Gasteiger partial charge in [0.15, 0.2) is 0 Å². The minimum absolute atomic E-state index is 0.0209. The Morgan fingerprint density at radius 3 is 2.26 bits per heavy atom. The van der Waals surface area contributed by atoms with Crippen LogP contribution in [0.3, 0.4) is 0 Å². The molecule has 0 saturated heterocycles. The smallest absolute Gasteiger partial charge is 0.255 e. The van der Waals surface area contributed by atoms with E-state index in [2.05, 4.69) is 10.3 Å². The minimum Gasteiger partial charge on any atom is -0.343 e. The lowest BCUT2D eigenvalue weighted by Gasteiger charge is -2.39. The number of rotatable bonds is 7. The van der Waals surface area contributed by atoms with Crippen LogP contribution in [0.15, 0.2) is 73.1 Å². The topological polar surface area (TPSA) is 88.3 Å². The summed E-state index contributed by atoms with van der Waals surface area (Å²) in [6, 6.07) is 16.5. The predicted molar refractivity (Wildman–Crippen MR) is 134 cm³/mol. The average Bonchev–Trinajstić information content (AvgIpc) is 2.89. The van der Waals surface area contributed by atoms with E-state index in [9.17, 15) is 14.0 Å². The van der Waals surface area contributed by atoms with Gasteiger partial charge in [0.2, 0.25) is 5.91 Å². The highest BCUT2D eigenvalue weighted by Crippen LogP contribution is 2.41. The second kappa shape index (κ2) is 10.8. The standard InChI is InChI=1S/C28H31FN4O2/c1-33(27(35)28(15-3-2-4-16-28)22-9-11-23(29)12-10-22)19-25(30)20-5-7-21(8-6-20)26(34)32-24-13-17-31-18-14-24/h5-14,17-18,25H,2-4,15-16,19,30H2,1H3,(H,31,32,34). The molecule has 1 atom stereocenters. The Morgan fingerprint density at radius 1 is 1.00 bits per heavy atom. The normalized spacial score (nSPS) is 15.7. The van der Waals surface area contributed by atoms with Crippen LogP contribution in [-0.2, 0) is 10.2 Å². The summed E-state index contributed by atoms with van der Waals surface area (Å²) in [7, 11) is 1.78. The summed E-state index contributed by atoms with van der Waals surface area (Å²) >= 11 is 0. The van der Waals surface area contributed by atoms with Crippen LogP contribution < -0.4 is 11.1 Å². The van der Waals surface area contributed by atoms with E-state index in [4.69, 9.17) is 5.73 Å². The molecule has 1 aromatic heterocycles. The monoisotopic (exact) mass is 474 g/mol. The molecule has 2 aromatic carbocycles. The summed E-state index contributed by atoms with van der Waals surface area (Å²) in [5.74, 6) is -0.504. The number of nitrogens with zero attached hydrogens (tertiary/aromatic N) is 2. The van der Waals surface area contributed by atoms with Crippen LogP contribution in [-0.4, -0.2) is 35.3 Å². The fraction of sp³-hybridized carbons (Fsp3) is 0.321. The molecule has 0 aliphatic heterocycles. The van der Waals surface area contributed by atoms with Gasteiger partial charge >= 0.3 is 0 Å². The molecule has 6 nitrogen and oxygen atoms in total. The Labute approximate surface area is 205 Å². The Morgan fingerprint density at radius 2 is 1.63 bits per heavy atom. The molecule has 1 aliphatic carbocycles. The first-order valence-electron chi connectivity index (χ1n) is 12.0. The first-order chi connectivity index (χ1) is 16.9. The van der Waals surface area contributed by atoms with Crippen molar-refractivity contribution in [2.45, 2.75) is 43.6 Å². The van der Waals surface area contributed by atoms with Gasteiger partial charge in [-0.2, -0.15) is 0 Å². The van der Waals surface area contributed by atoms with E-state index in [0.717, 1.165) is 43.2 Å². The molecule has 0 spiro atoms.